The molecular formula is C13H11ClFN3OS. The Labute approximate surface area is 124 Å². The van der Waals surface area contributed by atoms with Crippen LogP contribution in [-0.4, -0.2) is 17.4 Å². The van der Waals surface area contributed by atoms with E-state index < -0.39 is 5.82 Å². The lowest BCUT2D eigenvalue weighted by Gasteiger charge is -2.09. The molecule has 0 radical (unpaired) electrons. The van der Waals surface area contributed by atoms with Crippen LogP contribution in [0.15, 0.2) is 18.2 Å². The van der Waals surface area contributed by atoms with E-state index in [9.17, 15) is 9.18 Å². The summed E-state index contributed by atoms with van der Waals surface area (Å²) in [5.41, 5.74) is 1.24. The van der Waals surface area contributed by atoms with E-state index in [2.05, 4.69) is 15.6 Å². The molecule has 104 valence electrons. The molecule has 1 aromatic heterocycles. The molecule has 20 heavy (non-hydrogen) atoms. The minimum atomic E-state index is -0.609. The van der Waals surface area contributed by atoms with Crippen molar-refractivity contribution in [3.05, 3.63) is 45.2 Å². The van der Waals surface area contributed by atoms with Crippen LogP contribution in [0.2, 0.25) is 5.02 Å². The van der Waals surface area contributed by atoms with Gasteiger partial charge in [0.25, 0.3) is 5.91 Å². The normalized spacial score (nSPS) is 13.9. The van der Waals surface area contributed by atoms with Crippen molar-refractivity contribution in [3.8, 4) is 0 Å². The molecule has 0 atom stereocenters. The topological polar surface area (TPSA) is 54.0 Å². The number of anilines is 1. The summed E-state index contributed by atoms with van der Waals surface area (Å²) in [4.78, 5) is 17.5. The summed E-state index contributed by atoms with van der Waals surface area (Å²) < 4.78 is 13.3. The number of aromatic nitrogens is 1. The lowest BCUT2D eigenvalue weighted by Crippen LogP contribution is -2.22. The highest BCUT2D eigenvalue weighted by Crippen LogP contribution is 2.26. The zero-order valence-corrected chi connectivity index (χ0v) is 11.9. The van der Waals surface area contributed by atoms with Crippen molar-refractivity contribution < 1.29 is 9.18 Å². The van der Waals surface area contributed by atoms with E-state index in [4.69, 9.17) is 11.6 Å². The third kappa shape index (κ3) is 2.67. The molecule has 7 heteroatoms. The van der Waals surface area contributed by atoms with Gasteiger partial charge in [0.15, 0.2) is 5.13 Å². The monoisotopic (exact) mass is 311 g/mol. The Bertz CT molecular complexity index is 650. The van der Waals surface area contributed by atoms with Crippen LogP contribution in [0.3, 0.4) is 0 Å². The van der Waals surface area contributed by atoms with Crippen molar-refractivity contribution in [1.29, 1.82) is 0 Å². The van der Waals surface area contributed by atoms with Crippen LogP contribution in [-0.2, 0) is 13.0 Å². The molecule has 0 aliphatic carbocycles. The first-order chi connectivity index (χ1) is 9.63. The highest BCUT2D eigenvalue weighted by Gasteiger charge is 2.17. The van der Waals surface area contributed by atoms with E-state index in [0.717, 1.165) is 36.1 Å². The Kier molecular flexibility index (Phi) is 3.69. The summed E-state index contributed by atoms with van der Waals surface area (Å²) in [7, 11) is 0. The number of halogens is 2. The van der Waals surface area contributed by atoms with Gasteiger partial charge in [0.05, 0.1) is 10.7 Å². The Morgan fingerprint density at radius 1 is 1.50 bits per heavy atom. The molecule has 1 aliphatic rings. The van der Waals surface area contributed by atoms with E-state index in [0.29, 0.717) is 5.13 Å². The van der Waals surface area contributed by atoms with E-state index in [-0.39, 0.29) is 16.5 Å². The second kappa shape index (κ2) is 5.47. The number of benzene rings is 1. The van der Waals surface area contributed by atoms with Crippen LogP contribution in [0.1, 0.15) is 20.9 Å². The Morgan fingerprint density at radius 3 is 3.10 bits per heavy atom. The van der Waals surface area contributed by atoms with Crippen molar-refractivity contribution in [1.82, 2.24) is 10.3 Å². The minimum absolute atomic E-state index is 0.00247. The fourth-order valence-electron chi connectivity index (χ4n) is 1.99. The Hall–Kier alpha value is -1.50. The standard InChI is InChI=1S/C13H11ClFN3OS/c14-8-2-1-7(5-9(8)15)12(19)18-13-17-10-3-4-16-6-11(10)20-13/h1-2,5,16H,3-4,6H2,(H,17,18,19). The summed E-state index contributed by atoms with van der Waals surface area (Å²) in [6.45, 7) is 1.67. The van der Waals surface area contributed by atoms with Gasteiger partial charge < -0.3 is 5.32 Å². The van der Waals surface area contributed by atoms with Crippen LogP contribution in [0, 0.1) is 5.82 Å². The number of hydrogen-bond donors (Lipinski definition) is 2. The molecule has 1 aliphatic heterocycles. The molecule has 1 aromatic carbocycles. The molecule has 3 rings (SSSR count). The summed E-state index contributed by atoms with van der Waals surface area (Å²) in [5, 5.41) is 6.48. The van der Waals surface area contributed by atoms with Gasteiger partial charge >= 0.3 is 0 Å². The first kappa shape index (κ1) is 13.5. The van der Waals surface area contributed by atoms with E-state index >= 15 is 0 Å². The molecular weight excluding hydrogens is 301 g/mol. The SMILES string of the molecule is O=C(Nc1nc2c(s1)CNCC2)c1ccc(Cl)c(F)c1. The van der Waals surface area contributed by atoms with E-state index in [1.54, 1.807) is 0 Å². The predicted molar refractivity (Wildman–Crippen MR) is 76.9 cm³/mol. The first-order valence-corrected chi connectivity index (χ1v) is 7.28. The number of hydrogen-bond acceptors (Lipinski definition) is 4. The largest absolute Gasteiger partial charge is 0.311 e. The van der Waals surface area contributed by atoms with Crippen molar-refractivity contribution in [2.75, 3.05) is 11.9 Å². The maximum atomic E-state index is 13.3. The molecule has 0 bridgehead atoms. The molecule has 0 saturated carbocycles. The van der Waals surface area contributed by atoms with Gasteiger partial charge in [0, 0.05) is 30.0 Å². The number of amides is 1. The lowest BCUT2D eigenvalue weighted by atomic mass is 10.2. The Balaban J connectivity index is 1.78. The summed E-state index contributed by atoms with van der Waals surface area (Å²) in [5.74, 6) is -0.999. The van der Waals surface area contributed by atoms with Gasteiger partial charge in [-0.3, -0.25) is 10.1 Å². The van der Waals surface area contributed by atoms with Crippen LogP contribution in [0.4, 0.5) is 9.52 Å². The van der Waals surface area contributed by atoms with Crippen molar-refractivity contribution >= 4 is 34.0 Å². The molecule has 0 saturated heterocycles. The van der Waals surface area contributed by atoms with Crippen LogP contribution >= 0.6 is 22.9 Å². The summed E-state index contributed by atoms with van der Waals surface area (Å²) >= 11 is 7.03. The quantitative estimate of drug-likeness (QED) is 0.896. The minimum Gasteiger partial charge on any atom is -0.311 e. The molecule has 2 N–H and O–H groups in total. The third-order valence-electron chi connectivity index (χ3n) is 3.00. The molecule has 2 heterocycles. The number of rotatable bonds is 2. The molecule has 1 amide bonds. The average Bonchev–Trinajstić information content (AvgIpc) is 2.83. The maximum Gasteiger partial charge on any atom is 0.257 e. The van der Waals surface area contributed by atoms with Crippen molar-refractivity contribution in [2.45, 2.75) is 13.0 Å². The number of carbonyl (C=O) groups excluding carboxylic acids is 1. The van der Waals surface area contributed by atoms with Gasteiger partial charge in [-0.25, -0.2) is 9.37 Å². The number of nitrogens with one attached hydrogen (secondary N) is 2. The fraction of sp³-hybridized carbons (Fsp3) is 0.231. The second-order valence-electron chi connectivity index (χ2n) is 4.40. The van der Waals surface area contributed by atoms with Gasteiger partial charge in [-0.1, -0.05) is 11.6 Å². The molecule has 0 fully saturated rings. The third-order valence-corrected chi connectivity index (χ3v) is 4.32. The summed E-state index contributed by atoms with van der Waals surface area (Å²) in [6, 6.07) is 3.96. The zero-order chi connectivity index (χ0) is 14.1. The maximum absolute atomic E-state index is 13.3. The average molecular weight is 312 g/mol. The molecule has 0 spiro atoms. The Morgan fingerprint density at radius 2 is 2.35 bits per heavy atom. The van der Waals surface area contributed by atoms with Crippen LogP contribution in [0.5, 0.6) is 0 Å². The fourth-order valence-corrected chi connectivity index (χ4v) is 3.08. The second-order valence-corrected chi connectivity index (χ2v) is 5.89. The number of carbonyl (C=O) groups is 1. The van der Waals surface area contributed by atoms with Gasteiger partial charge in [-0.05, 0) is 18.2 Å². The van der Waals surface area contributed by atoms with Crippen molar-refractivity contribution in [2.24, 2.45) is 0 Å². The highest BCUT2D eigenvalue weighted by atomic mass is 35.5. The molecule has 0 unspecified atom stereocenters. The van der Waals surface area contributed by atoms with E-state index in [1.807, 2.05) is 0 Å². The van der Waals surface area contributed by atoms with Gasteiger partial charge in [-0.15, -0.1) is 11.3 Å². The van der Waals surface area contributed by atoms with E-state index in [1.165, 1.54) is 23.5 Å². The van der Waals surface area contributed by atoms with Gasteiger partial charge in [0.1, 0.15) is 5.82 Å². The number of nitrogens with zero attached hydrogens (tertiary/aromatic N) is 1. The zero-order valence-electron chi connectivity index (χ0n) is 10.4. The van der Waals surface area contributed by atoms with Gasteiger partial charge in [-0.2, -0.15) is 0 Å². The van der Waals surface area contributed by atoms with Crippen LogP contribution in [0.25, 0.3) is 0 Å². The number of thiazole rings is 1. The van der Waals surface area contributed by atoms with Gasteiger partial charge in [0.2, 0.25) is 0 Å². The lowest BCUT2D eigenvalue weighted by molar-refractivity contribution is 0.102. The predicted octanol–water partition coefficient (Wildman–Crippen LogP) is 2.83. The molecule has 4 nitrogen and oxygen atoms in total. The van der Waals surface area contributed by atoms with Crippen molar-refractivity contribution in [3.63, 3.8) is 0 Å². The molecule has 2 aromatic rings. The first-order valence-electron chi connectivity index (χ1n) is 6.09. The number of fused-ring (bicyclic) bond motifs is 1. The van der Waals surface area contributed by atoms with Crippen LogP contribution < -0.4 is 10.6 Å². The highest BCUT2D eigenvalue weighted by molar-refractivity contribution is 7.15. The summed E-state index contributed by atoms with van der Waals surface area (Å²) in [6.07, 6.45) is 0.858. The smallest absolute Gasteiger partial charge is 0.257 e.